The van der Waals surface area contributed by atoms with E-state index in [2.05, 4.69) is 26.3 Å². The van der Waals surface area contributed by atoms with Gasteiger partial charge in [0.25, 0.3) is 0 Å². The van der Waals surface area contributed by atoms with E-state index in [-0.39, 0.29) is 0 Å². The highest BCUT2D eigenvalue weighted by atomic mass is 32.2. The topological polar surface area (TPSA) is 79.4 Å². The molecule has 1 aliphatic heterocycles. The Kier molecular flexibility index (Phi) is 3.88. The molecular formula is C21H16N6O2S. The first-order valence-corrected chi connectivity index (χ1v) is 10.3. The van der Waals surface area contributed by atoms with Gasteiger partial charge in [0.15, 0.2) is 22.3 Å². The fourth-order valence-electron chi connectivity index (χ4n) is 3.53. The molecule has 5 heterocycles. The Bertz CT molecular complexity index is 1410. The molecule has 0 spiro atoms. The molecule has 0 amide bonds. The van der Waals surface area contributed by atoms with E-state index in [1.807, 2.05) is 54.3 Å². The smallest absolute Gasteiger partial charge is 0.200 e. The molecule has 0 radical (unpaired) electrons. The number of ether oxygens (including phenoxy) is 2. The summed E-state index contributed by atoms with van der Waals surface area (Å²) in [4.78, 5) is 5.50. The highest BCUT2D eigenvalue weighted by Crippen LogP contribution is 2.39. The molecule has 5 aromatic rings. The summed E-state index contributed by atoms with van der Waals surface area (Å²) >= 11 is 1.54. The van der Waals surface area contributed by atoms with Crippen LogP contribution in [0.1, 0.15) is 0 Å². The minimum atomic E-state index is 0.537. The van der Waals surface area contributed by atoms with E-state index < -0.39 is 0 Å². The van der Waals surface area contributed by atoms with E-state index in [4.69, 9.17) is 9.47 Å². The molecule has 0 unspecified atom stereocenters. The van der Waals surface area contributed by atoms with E-state index in [0.717, 1.165) is 43.5 Å². The van der Waals surface area contributed by atoms with Crippen molar-refractivity contribution in [2.24, 2.45) is 7.05 Å². The summed E-state index contributed by atoms with van der Waals surface area (Å²) in [6.07, 6.45) is 7.59. The number of aromatic nitrogens is 6. The van der Waals surface area contributed by atoms with Crippen LogP contribution in [0.2, 0.25) is 0 Å². The van der Waals surface area contributed by atoms with Gasteiger partial charge in [-0.15, -0.1) is 10.2 Å². The zero-order valence-corrected chi connectivity index (χ0v) is 16.8. The van der Waals surface area contributed by atoms with Crippen LogP contribution >= 0.6 is 11.8 Å². The molecule has 0 fully saturated rings. The van der Waals surface area contributed by atoms with Gasteiger partial charge in [-0.1, -0.05) is 0 Å². The van der Waals surface area contributed by atoms with Crippen molar-refractivity contribution in [3.63, 3.8) is 0 Å². The van der Waals surface area contributed by atoms with Gasteiger partial charge in [-0.2, -0.15) is 5.10 Å². The molecular weight excluding hydrogens is 400 g/mol. The fraction of sp³-hybridized carbons (Fsp3) is 0.143. The zero-order chi connectivity index (χ0) is 20.1. The number of rotatable bonds is 3. The summed E-state index contributed by atoms with van der Waals surface area (Å²) in [5.41, 5.74) is 3.76. The van der Waals surface area contributed by atoms with Crippen molar-refractivity contribution < 1.29 is 9.47 Å². The van der Waals surface area contributed by atoms with Crippen LogP contribution in [0.25, 0.3) is 27.7 Å². The second-order valence-electron chi connectivity index (χ2n) is 6.96. The van der Waals surface area contributed by atoms with Crippen LogP contribution in [0.3, 0.4) is 0 Å². The summed E-state index contributed by atoms with van der Waals surface area (Å²) in [6, 6.07) is 10.1. The Morgan fingerprint density at radius 2 is 1.90 bits per heavy atom. The van der Waals surface area contributed by atoms with Crippen molar-refractivity contribution in [2.75, 3.05) is 13.2 Å². The molecule has 1 aliphatic rings. The molecule has 0 saturated carbocycles. The molecule has 1 aromatic carbocycles. The fourth-order valence-corrected chi connectivity index (χ4v) is 4.38. The van der Waals surface area contributed by atoms with Gasteiger partial charge in [-0.05, 0) is 42.1 Å². The van der Waals surface area contributed by atoms with Crippen LogP contribution in [0, 0.1) is 0 Å². The number of nitrogens with zero attached hydrogens (tertiary/aromatic N) is 6. The van der Waals surface area contributed by atoms with Crippen molar-refractivity contribution >= 4 is 28.3 Å². The highest BCUT2D eigenvalue weighted by Gasteiger charge is 2.17. The predicted molar refractivity (Wildman–Crippen MR) is 112 cm³/mol. The molecule has 0 atom stereocenters. The Morgan fingerprint density at radius 3 is 2.80 bits per heavy atom. The first-order chi connectivity index (χ1) is 14.7. The van der Waals surface area contributed by atoms with Crippen LogP contribution in [-0.4, -0.2) is 42.6 Å². The second-order valence-corrected chi connectivity index (χ2v) is 8.00. The van der Waals surface area contributed by atoms with Crippen LogP contribution < -0.4 is 9.47 Å². The Morgan fingerprint density at radius 1 is 0.967 bits per heavy atom. The monoisotopic (exact) mass is 416 g/mol. The SMILES string of the molecule is Cn1cc(-c2ccc3nnc(Sc4ccc5ncc6c(c5c4)OCCO6)n3c2)cn1. The number of fused-ring (bicyclic) bond motifs is 4. The lowest BCUT2D eigenvalue weighted by molar-refractivity contribution is 0.173. The van der Waals surface area contributed by atoms with Gasteiger partial charge in [0.2, 0.25) is 0 Å². The maximum absolute atomic E-state index is 5.85. The minimum absolute atomic E-state index is 0.537. The van der Waals surface area contributed by atoms with E-state index in [1.54, 1.807) is 22.6 Å². The number of hydrogen-bond acceptors (Lipinski definition) is 7. The van der Waals surface area contributed by atoms with Gasteiger partial charge in [-0.3, -0.25) is 14.1 Å². The summed E-state index contributed by atoms with van der Waals surface area (Å²) in [7, 11) is 1.91. The Balaban J connectivity index is 1.40. The largest absolute Gasteiger partial charge is 0.485 e. The minimum Gasteiger partial charge on any atom is -0.485 e. The average molecular weight is 416 g/mol. The van der Waals surface area contributed by atoms with Gasteiger partial charge in [0, 0.05) is 40.8 Å². The zero-order valence-electron chi connectivity index (χ0n) is 16.0. The molecule has 8 nitrogen and oxygen atoms in total. The van der Waals surface area contributed by atoms with E-state index in [0.29, 0.717) is 19.0 Å². The summed E-state index contributed by atoms with van der Waals surface area (Å²) < 4.78 is 15.3. The number of aryl methyl sites for hydroxylation is 1. The highest BCUT2D eigenvalue weighted by molar-refractivity contribution is 7.99. The number of hydrogen-bond donors (Lipinski definition) is 0. The molecule has 6 rings (SSSR count). The predicted octanol–water partition coefficient (Wildman–Crippen LogP) is 3.60. The quantitative estimate of drug-likeness (QED) is 0.445. The first kappa shape index (κ1) is 17.3. The third-order valence-electron chi connectivity index (χ3n) is 4.96. The van der Waals surface area contributed by atoms with Gasteiger partial charge in [0.05, 0.1) is 17.9 Å². The molecule has 9 heteroatoms. The van der Waals surface area contributed by atoms with Gasteiger partial charge in [-0.25, -0.2) is 0 Å². The van der Waals surface area contributed by atoms with E-state index in [9.17, 15) is 0 Å². The maximum Gasteiger partial charge on any atom is 0.200 e. The number of benzene rings is 1. The average Bonchev–Trinajstić information content (AvgIpc) is 3.39. The van der Waals surface area contributed by atoms with E-state index in [1.165, 1.54) is 0 Å². The van der Waals surface area contributed by atoms with Crippen molar-refractivity contribution in [2.45, 2.75) is 10.1 Å². The van der Waals surface area contributed by atoms with Crippen LogP contribution in [0.4, 0.5) is 0 Å². The molecule has 0 bridgehead atoms. The van der Waals surface area contributed by atoms with Crippen LogP contribution in [0.15, 0.2) is 65.2 Å². The summed E-state index contributed by atoms with van der Waals surface area (Å²) in [5.74, 6) is 1.43. The summed E-state index contributed by atoms with van der Waals surface area (Å²) in [5, 5.41) is 14.7. The third kappa shape index (κ3) is 2.86. The second kappa shape index (κ2) is 6.74. The van der Waals surface area contributed by atoms with Crippen molar-refractivity contribution in [1.82, 2.24) is 29.4 Å². The van der Waals surface area contributed by atoms with Crippen molar-refractivity contribution in [3.8, 4) is 22.6 Å². The van der Waals surface area contributed by atoms with Crippen LogP contribution in [0.5, 0.6) is 11.5 Å². The molecule has 4 aromatic heterocycles. The lowest BCUT2D eigenvalue weighted by atomic mass is 10.2. The normalized spacial score (nSPS) is 13.2. The lowest BCUT2D eigenvalue weighted by Crippen LogP contribution is -2.15. The third-order valence-corrected chi connectivity index (χ3v) is 5.91. The maximum atomic E-state index is 5.85. The van der Waals surface area contributed by atoms with Crippen molar-refractivity contribution in [1.29, 1.82) is 0 Å². The molecule has 30 heavy (non-hydrogen) atoms. The lowest BCUT2D eigenvalue weighted by Gasteiger charge is -2.19. The van der Waals surface area contributed by atoms with Crippen LogP contribution in [-0.2, 0) is 7.05 Å². The number of pyridine rings is 2. The van der Waals surface area contributed by atoms with Gasteiger partial charge >= 0.3 is 0 Å². The van der Waals surface area contributed by atoms with Gasteiger partial charge in [0.1, 0.15) is 13.2 Å². The first-order valence-electron chi connectivity index (χ1n) is 9.45. The molecule has 0 N–H and O–H groups in total. The standard InChI is InChI=1S/C21H16N6O2S/c1-26-11-14(9-23-26)13-2-5-19-24-25-21(27(19)12-13)30-15-3-4-17-16(8-15)20-18(10-22-17)28-6-7-29-20/h2-5,8-12H,6-7H2,1H3. The Labute approximate surface area is 175 Å². The van der Waals surface area contributed by atoms with E-state index >= 15 is 0 Å². The van der Waals surface area contributed by atoms with Crippen molar-refractivity contribution in [3.05, 3.63) is 55.1 Å². The molecule has 148 valence electrons. The molecule has 0 saturated heterocycles. The molecule has 0 aliphatic carbocycles. The Hall–Kier alpha value is -3.59. The van der Waals surface area contributed by atoms with Gasteiger partial charge < -0.3 is 9.47 Å². The summed E-state index contributed by atoms with van der Waals surface area (Å²) in [6.45, 7) is 1.08.